The first kappa shape index (κ1) is 24.1. The van der Waals surface area contributed by atoms with Crippen LogP contribution in [-0.4, -0.2) is 96.0 Å². The predicted molar refractivity (Wildman–Crippen MR) is 141 cm³/mol. The largest absolute Gasteiger partial charge is 0.492 e. The summed E-state index contributed by atoms with van der Waals surface area (Å²) in [4.78, 5) is 23.1. The fourth-order valence-electron chi connectivity index (χ4n) is 4.78. The monoisotopic (exact) mass is 490 g/mol. The first-order valence-electron chi connectivity index (χ1n) is 12.6. The summed E-state index contributed by atoms with van der Waals surface area (Å²) in [5.41, 5.74) is 8.60. The Balaban J connectivity index is 1.19. The van der Waals surface area contributed by atoms with Gasteiger partial charge in [0.15, 0.2) is 0 Å². The molecule has 0 spiro atoms. The summed E-state index contributed by atoms with van der Waals surface area (Å²) in [6.45, 7) is 7.88. The van der Waals surface area contributed by atoms with E-state index in [9.17, 15) is 4.79 Å². The Kier molecular flexibility index (Phi) is 7.36. The van der Waals surface area contributed by atoms with Crippen molar-refractivity contribution < 1.29 is 9.53 Å². The van der Waals surface area contributed by atoms with Crippen LogP contribution in [-0.2, 0) is 9.53 Å². The molecule has 1 aliphatic carbocycles. The molecule has 0 amide bonds. The minimum absolute atomic E-state index is 0.266. The van der Waals surface area contributed by atoms with Gasteiger partial charge in [0.2, 0.25) is 11.9 Å². The smallest absolute Gasteiger partial charge is 0.245 e. The topological polar surface area (TPSA) is 105 Å². The van der Waals surface area contributed by atoms with Crippen molar-refractivity contribution in [3.8, 4) is 5.69 Å². The van der Waals surface area contributed by atoms with E-state index < -0.39 is 6.04 Å². The summed E-state index contributed by atoms with van der Waals surface area (Å²) < 4.78 is 7.45. The number of likely N-dealkylation sites (N-methyl/N-ethyl adjacent to an activating group) is 1. The van der Waals surface area contributed by atoms with Crippen LogP contribution in [0.15, 0.2) is 53.8 Å². The average Bonchev–Trinajstić information content (AvgIpc) is 3.55. The molecule has 36 heavy (non-hydrogen) atoms. The number of carbonyl (C=O) groups excluding carboxylic acids is 1. The van der Waals surface area contributed by atoms with Gasteiger partial charge in [-0.15, -0.1) is 5.10 Å². The normalized spacial score (nSPS) is 20.9. The van der Waals surface area contributed by atoms with E-state index in [1.807, 2.05) is 30.2 Å². The lowest BCUT2D eigenvalue weighted by atomic mass is 10.0. The zero-order valence-corrected chi connectivity index (χ0v) is 20.8. The number of piperazine rings is 1. The van der Waals surface area contributed by atoms with Gasteiger partial charge in [0, 0.05) is 38.4 Å². The predicted octanol–water partition coefficient (Wildman–Crippen LogP) is 1.71. The first-order chi connectivity index (χ1) is 17.6. The van der Waals surface area contributed by atoms with Crippen LogP contribution in [0.25, 0.3) is 5.69 Å². The molecule has 10 heteroatoms. The number of hydrogen-bond donors (Lipinski definition) is 2. The second kappa shape index (κ2) is 11.0. The molecule has 2 fully saturated rings. The van der Waals surface area contributed by atoms with Gasteiger partial charge in [-0.3, -0.25) is 4.90 Å². The highest BCUT2D eigenvalue weighted by molar-refractivity contribution is 5.65. The van der Waals surface area contributed by atoms with Crippen molar-refractivity contribution in [2.24, 2.45) is 0 Å². The van der Waals surface area contributed by atoms with Gasteiger partial charge >= 0.3 is 0 Å². The molecule has 0 bridgehead atoms. The lowest BCUT2D eigenvalue weighted by Gasteiger charge is -2.34. The Morgan fingerprint density at radius 1 is 1.08 bits per heavy atom. The number of aromatic nitrogens is 3. The van der Waals surface area contributed by atoms with Gasteiger partial charge in [0.25, 0.3) is 0 Å². The summed E-state index contributed by atoms with van der Waals surface area (Å²) in [6, 6.07) is 7.75. The van der Waals surface area contributed by atoms with E-state index in [1.165, 1.54) is 18.5 Å². The van der Waals surface area contributed by atoms with Crippen molar-refractivity contribution >= 4 is 23.5 Å². The Bertz CT molecular complexity index is 1150. The van der Waals surface area contributed by atoms with E-state index in [4.69, 9.17) is 10.5 Å². The molecule has 3 N–H and O–H groups in total. The Labute approximate surface area is 211 Å². The molecule has 1 atom stereocenters. The number of allylic oxidation sites excluding steroid dienone is 1. The lowest BCUT2D eigenvalue weighted by Crippen LogP contribution is -2.44. The molecule has 3 aliphatic rings. The van der Waals surface area contributed by atoms with Crippen molar-refractivity contribution in [2.45, 2.75) is 18.9 Å². The van der Waals surface area contributed by atoms with Crippen LogP contribution >= 0.6 is 0 Å². The Morgan fingerprint density at radius 2 is 1.81 bits per heavy atom. The van der Waals surface area contributed by atoms with Gasteiger partial charge < -0.3 is 25.6 Å². The number of nitrogen functional groups attached to an aromatic ring is 1. The first-order valence-corrected chi connectivity index (χ1v) is 12.6. The number of ether oxygens (including phenoxy) is 1. The minimum atomic E-state index is -0.414. The molecule has 5 rings (SSSR count). The van der Waals surface area contributed by atoms with Gasteiger partial charge in [-0.05, 0) is 69.4 Å². The van der Waals surface area contributed by atoms with E-state index in [-0.39, 0.29) is 5.95 Å². The van der Waals surface area contributed by atoms with Gasteiger partial charge in [-0.25, -0.2) is 4.79 Å². The molecule has 1 aromatic carbocycles. The summed E-state index contributed by atoms with van der Waals surface area (Å²) in [5.74, 6) is 3.27. The van der Waals surface area contributed by atoms with Gasteiger partial charge in [-0.1, -0.05) is 6.08 Å². The molecule has 1 unspecified atom stereocenters. The zero-order chi connectivity index (χ0) is 24.9. The molecule has 3 heterocycles. The van der Waals surface area contributed by atoms with E-state index in [0.29, 0.717) is 23.9 Å². The number of benzene rings is 1. The summed E-state index contributed by atoms with van der Waals surface area (Å²) >= 11 is 0. The maximum Gasteiger partial charge on any atom is 0.245 e. The van der Waals surface area contributed by atoms with Gasteiger partial charge in [0.05, 0.1) is 17.3 Å². The van der Waals surface area contributed by atoms with E-state index >= 15 is 0 Å². The van der Waals surface area contributed by atoms with Crippen LogP contribution in [0.3, 0.4) is 0 Å². The molecular formula is C26H34N8O2. The number of nitrogens with two attached hydrogens (primary N) is 1. The molecule has 2 aliphatic heterocycles. The summed E-state index contributed by atoms with van der Waals surface area (Å²) in [5, 5.41) is 7.69. The van der Waals surface area contributed by atoms with Crippen LogP contribution < -0.4 is 16.0 Å². The highest BCUT2D eigenvalue weighted by atomic mass is 16.5. The fourth-order valence-corrected chi connectivity index (χ4v) is 4.78. The molecule has 10 nitrogen and oxygen atoms in total. The molecule has 2 saturated heterocycles. The number of rotatable bonds is 8. The van der Waals surface area contributed by atoms with Crippen molar-refractivity contribution in [1.29, 1.82) is 0 Å². The molecule has 190 valence electrons. The maximum absolute atomic E-state index is 11.6. The van der Waals surface area contributed by atoms with E-state index in [2.05, 4.69) is 49.3 Å². The van der Waals surface area contributed by atoms with Crippen LogP contribution in [0.2, 0.25) is 0 Å². The molecular weight excluding hydrogens is 456 g/mol. The fraction of sp³-hybridized carbons (Fsp3) is 0.462. The second-order valence-electron chi connectivity index (χ2n) is 9.49. The quantitative estimate of drug-likeness (QED) is 0.535. The minimum Gasteiger partial charge on any atom is -0.492 e. The third-order valence-corrected chi connectivity index (χ3v) is 6.96. The third kappa shape index (κ3) is 5.62. The summed E-state index contributed by atoms with van der Waals surface area (Å²) in [7, 11) is 2.15. The standard InChI is InChI=1S/C26H34N8O2/c1-31-12-14-33(15-13-31)21-4-6-22(7-5-21)34-25(27)29-26(30-34)28-24-9-8-23(18-20(24)19-35)36-17-16-32-10-2-3-11-32/h4-9,18,24H,2-3,10-17H2,1H3,(H3,27,28,29,30). The van der Waals surface area contributed by atoms with Gasteiger partial charge in [-0.2, -0.15) is 9.67 Å². The Morgan fingerprint density at radius 3 is 2.53 bits per heavy atom. The average molecular weight is 491 g/mol. The molecule has 0 saturated carbocycles. The number of likely N-dealkylation sites (tertiary alicyclic amines) is 1. The number of anilines is 3. The molecule has 1 aromatic heterocycles. The maximum atomic E-state index is 11.6. The van der Waals surface area contributed by atoms with Crippen LogP contribution in [0.5, 0.6) is 0 Å². The van der Waals surface area contributed by atoms with Crippen LogP contribution in [0.1, 0.15) is 12.8 Å². The van der Waals surface area contributed by atoms with Gasteiger partial charge in [0.1, 0.15) is 18.3 Å². The number of nitrogens with zero attached hydrogens (tertiary/aromatic N) is 6. The highest BCUT2D eigenvalue weighted by Crippen LogP contribution is 2.23. The van der Waals surface area contributed by atoms with Crippen molar-refractivity contribution in [1.82, 2.24) is 24.6 Å². The summed E-state index contributed by atoms with van der Waals surface area (Å²) in [6.07, 6.45) is 7.94. The van der Waals surface area contributed by atoms with E-state index in [1.54, 1.807) is 10.8 Å². The lowest BCUT2D eigenvalue weighted by molar-refractivity contribution is 0.179. The second-order valence-corrected chi connectivity index (χ2v) is 9.49. The molecule has 0 radical (unpaired) electrons. The third-order valence-electron chi connectivity index (χ3n) is 6.96. The number of nitrogens with one attached hydrogen (secondary N) is 1. The van der Waals surface area contributed by atoms with Crippen molar-refractivity contribution in [3.63, 3.8) is 0 Å². The Hall–Kier alpha value is -3.59. The van der Waals surface area contributed by atoms with Crippen LogP contribution in [0, 0.1) is 0 Å². The van der Waals surface area contributed by atoms with Crippen LogP contribution in [0.4, 0.5) is 17.6 Å². The van der Waals surface area contributed by atoms with Crippen molar-refractivity contribution in [2.75, 3.05) is 75.4 Å². The zero-order valence-electron chi connectivity index (χ0n) is 20.8. The molecule has 2 aromatic rings. The van der Waals surface area contributed by atoms with E-state index in [0.717, 1.165) is 51.5 Å². The SMILES string of the molecule is CN1CCN(c2ccc(-n3nc(NC4C=CC(OCCN5CCCC5)=CC4=C=O)nc3N)cc2)CC1. The van der Waals surface area contributed by atoms with Crippen molar-refractivity contribution in [3.05, 3.63) is 53.8 Å². The number of hydrogen-bond acceptors (Lipinski definition) is 9. The highest BCUT2D eigenvalue weighted by Gasteiger charge is 2.20.